The van der Waals surface area contributed by atoms with Crippen LogP contribution in [-0.2, 0) is 14.3 Å². The highest BCUT2D eigenvalue weighted by Crippen LogP contribution is 2.30. The number of benzene rings is 1. The third-order valence-electron chi connectivity index (χ3n) is 7.09. The molecule has 0 radical (unpaired) electrons. The number of nitrogen functional groups attached to an aromatic ring is 1. The summed E-state index contributed by atoms with van der Waals surface area (Å²) in [6.45, 7) is 8.66. The first-order chi connectivity index (χ1) is 16.9. The van der Waals surface area contributed by atoms with Crippen molar-refractivity contribution in [3.63, 3.8) is 0 Å². The molecule has 2 atom stereocenters. The molecule has 5 rings (SSSR count). The minimum atomic E-state index is -0.286. The maximum atomic E-state index is 12.8. The highest BCUT2D eigenvalue weighted by molar-refractivity contribution is 6.33. The summed E-state index contributed by atoms with van der Waals surface area (Å²) in [5, 5.41) is 3.23. The van der Waals surface area contributed by atoms with E-state index in [1.165, 1.54) is 6.07 Å². The topological polar surface area (TPSA) is 106 Å². The Kier molecular flexibility index (Phi) is 9.10. The Bertz CT molecular complexity index is 893. The molecule has 3 N–H and O–H groups in total. The van der Waals surface area contributed by atoms with Crippen molar-refractivity contribution in [1.29, 1.82) is 0 Å². The van der Waals surface area contributed by atoms with Gasteiger partial charge in [0.1, 0.15) is 11.9 Å². The van der Waals surface area contributed by atoms with Crippen LogP contribution in [0, 0.1) is 5.92 Å². The van der Waals surface area contributed by atoms with E-state index in [9.17, 15) is 9.59 Å². The molecule has 0 saturated carbocycles. The predicted octanol–water partition coefficient (Wildman–Crippen LogP) is 2.17. The number of amides is 1. The lowest BCUT2D eigenvalue weighted by atomic mass is 9.86. The quantitative estimate of drug-likeness (QED) is 0.366. The van der Waals surface area contributed by atoms with Gasteiger partial charge in [0.05, 0.1) is 35.6 Å². The number of nitrogens with zero attached hydrogens (tertiary/aromatic N) is 2. The van der Waals surface area contributed by atoms with E-state index in [4.69, 9.17) is 31.5 Å². The van der Waals surface area contributed by atoms with Gasteiger partial charge in [-0.15, -0.1) is 0 Å². The van der Waals surface area contributed by atoms with Crippen LogP contribution in [0.25, 0.3) is 0 Å². The number of hydrogen-bond donors (Lipinski definition) is 2. The van der Waals surface area contributed by atoms with Gasteiger partial charge >= 0.3 is 5.97 Å². The first kappa shape index (κ1) is 26.0. The Labute approximate surface area is 212 Å². The molecule has 4 aliphatic heterocycles. The molecule has 1 aromatic carbocycles. The summed E-state index contributed by atoms with van der Waals surface area (Å²) in [7, 11) is 0. The fraction of sp³-hybridized carbons (Fsp3) is 0.680. The van der Waals surface area contributed by atoms with E-state index in [2.05, 4.69) is 15.1 Å². The third kappa shape index (κ3) is 7.00. The average molecular weight is 509 g/mol. The normalized spacial score (nSPS) is 26.3. The predicted molar refractivity (Wildman–Crippen MR) is 134 cm³/mol. The largest absolute Gasteiger partial charge is 0.493 e. The molecule has 0 aromatic heterocycles. The van der Waals surface area contributed by atoms with E-state index in [0.717, 1.165) is 52.0 Å². The fourth-order valence-electron chi connectivity index (χ4n) is 5.15. The van der Waals surface area contributed by atoms with Gasteiger partial charge in [0.25, 0.3) is 5.91 Å². The molecule has 2 bridgehead atoms. The zero-order valence-corrected chi connectivity index (χ0v) is 21.2. The summed E-state index contributed by atoms with van der Waals surface area (Å²) < 4.78 is 17.2. The Morgan fingerprint density at radius 3 is 2.74 bits per heavy atom. The molecule has 1 unspecified atom stereocenters. The van der Waals surface area contributed by atoms with Gasteiger partial charge in [-0.1, -0.05) is 11.6 Å². The van der Waals surface area contributed by atoms with Gasteiger partial charge in [0, 0.05) is 38.7 Å². The molecule has 9 nitrogen and oxygen atoms in total. The molecule has 194 valence electrons. The first-order valence-corrected chi connectivity index (χ1v) is 13.1. The highest BCUT2D eigenvalue weighted by atomic mass is 35.5. The van der Waals surface area contributed by atoms with E-state index in [1.54, 1.807) is 6.07 Å². The lowest BCUT2D eigenvalue weighted by Gasteiger charge is -2.43. The van der Waals surface area contributed by atoms with E-state index in [1.807, 2.05) is 6.92 Å². The lowest BCUT2D eigenvalue weighted by Crippen LogP contribution is -2.52. The second-order valence-corrected chi connectivity index (χ2v) is 9.98. The molecule has 1 aromatic rings. The molecule has 0 aliphatic carbocycles. The molecule has 10 heteroatoms. The Morgan fingerprint density at radius 1 is 1.23 bits per heavy atom. The summed E-state index contributed by atoms with van der Waals surface area (Å²) in [6.07, 6.45) is 3.40. The number of nitrogens with two attached hydrogens (primary N) is 1. The maximum absolute atomic E-state index is 12.8. The number of hydrogen-bond acceptors (Lipinski definition) is 8. The van der Waals surface area contributed by atoms with Gasteiger partial charge < -0.3 is 25.3 Å². The van der Waals surface area contributed by atoms with Crippen molar-refractivity contribution in [2.24, 2.45) is 5.92 Å². The van der Waals surface area contributed by atoms with Crippen LogP contribution in [0.1, 0.15) is 43.0 Å². The van der Waals surface area contributed by atoms with E-state index < -0.39 is 0 Å². The number of rotatable bonds is 10. The molecule has 35 heavy (non-hydrogen) atoms. The Hall–Kier alpha value is -2.07. The number of morpholine rings is 1. The van der Waals surface area contributed by atoms with Crippen molar-refractivity contribution < 1.29 is 23.8 Å². The number of carbonyl (C=O) groups excluding carboxylic acids is 2. The number of anilines is 1. The minimum Gasteiger partial charge on any atom is -0.493 e. The number of fused-ring (bicyclic) bond motifs is 3. The minimum absolute atomic E-state index is 0.0700. The van der Waals surface area contributed by atoms with Crippen molar-refractivity contribution >= 4 is 29.2 Å². The monoisotopic (exact) mass is 508 g/mol. The number of carbonyl (C=O) groups is 2. The van der Waals surface area contributed by atoms with Gasteiger partial charge in [0.15, 0.2) is 0 Å². The fourth-order valence-corrected chi connectivity index (χ4v) is 5.31. The summed E-state index contributed by atoms with van der Waals surface area (Å²) in [6, 6.07) is 3.10. The van der Waals surface area contributed by atoms with E-state index >= 15 is 0 Å². The van der Waals surface area contributed by atoms with Crippen LogP contribution in [0.4, 0.5) is 5.69 Å². The Morgan fingerprint density at radius 2 is 2.03 bits per heavy atom. The van der Waals surface area contributed by atoms with Gasteiger partial charge in [-0.25, -0.2) is 0 Å². The smallest absolute Gasteiger partial charge is 0.306 e. The number of ether oxygens (including phenoxy) is 3. The average Bonchev–Trinajstić information content (AvgIpc) is 2.86. The number of halogens is 1. The van der Waals surface area contributed by atoms with Gasteiger partial charge in [-0.3, -0.25) is 19.4 Å². The zero-order valence-electron chi connectivity index (χ0n) is 20.5. The van der Waals surface area contributed by atoms with Crippen molar-refractivity contribution in [1.82, 2.24) is 15.1 Å². The van der Waals surface area contributed by atoms with Crippen LogP contribution in [0.5, 0.6) is 5.75 Å². The van der Waals surface area contributed by atoms with Crippen LogP contribution < -0.4 is 15.8 Å². The van der Waals surface area contributed by atoms with Crippen LogP contribution in [0.3, 0.4) is 0 Å². The molecule has 4 saturated heterocycles. The lowest BCUT2D eigenvalue weighted by molar-refractivity contribution is -0.159. The molecule has 4 aliphatic rings. The number of esters is 1. The molecule has 4 fully saturated rings. The van der Waals surface area contributed by atoms with Crippen molar-refractivity contribution in [3.05, 3.63) is 22.7 Å². The van der Waals surface area contributed by atoms with Crippen molar-refractivity contribution in [2.45, 2.75) is 44.8 Å². The first-order valence-electron chi connectivity index (χ1n) is 12.7. The summed E-state index contributed by atoms with van der Waals surface area (Å²) in [4.78, 5) is 29.8. The summed E-state index contributed by atoms with van der Waals surface area (Å²) in [5.74, 6) is 0.566. The summed E-state index contributed by atoms with van der Waals surface area (Å²) >= 11 is 6.11. The van der Waals surface area contributed by atoms with Crippen LogP contribution in [0.15, 0.2) is 12.1 Å². The molecular weight excluding hydrogens is 472 g/mol. The van der Waals surface area contributed by atoms with E-state index in [0.29, 0.717) is 60.7 Å². The van der Waals surface area contributed by atoms with Gasteiger partial charge in [-0.2, -0.15) is 0 Å². The zero-order chi connectivity index (χ0) is 24.8. The SMILES string of the molecule is CCOc1cc(N)c(Cl)cc1C(=O)NC[C@@H]1CN(CCCC(=O)OC2CN3CCC2CC3)CCO1. The number of piperidine rings is 3. The second kappa shape index (κ2) is 12.3. The van der Waals surface area contributed by atoms with E-state index in [-0.39, 0.29) is 24.1 Å². The summed E-state index contributed by atoms with van der Waals surface area (Å²) in [5.41, 5.74) is 6.56. The highest BCUT2D eigenvalue weighted by Gasteiger charge is 2.36. The van der Waals surface area contributed by atoms with Gasteiger partial charge in [-0.05, 0) is 57.8 Å². The van der Waals surface area contributed by atoms with Crippen LogP contribution in [0.2, 0.25) is 5.02 Å². The number of nitrogens with one attached hydrogen (secondary N) is 1. The second-order valence-electron chi connectivity index (χ2n) is 9.58. The third-order valence-corrected chi connectivity index (χ3v) is 7.42. The maximum Gasteiger partial charge on any atom is 0.306 e. The molecule has 1 amide bonds. The van der Waals surface area contributed by atoms with Crippen molar-refractivity contribution in [2.75, 3.05) is 64.8 Å². The van der Waals surface area contributed by atoms with Gasteiger partial charge in [0.2, 0.25) is 0 Å². The standard InChI is InChI=1S/C25H37ClN4O5/c1-2-33-22-13-21(27)20(26)12-19(22)25(32)28-14-18-15-29(10-11-34-18)7-3-4-24(31)35-23-16-30-8-5-17(23)6-9-30/h12-13,17-18,23H,2-11,14-16,27H2,1H3,(H,28,32)/t18-,23?/m1/s1. The van der Waals surface area contributed by atoms with Crippen LogP contribution >= 0.6 is 11.6 Å². The molecule has 0 spiro atoms. The molecular formula is C25H37ClN4O5. The van der Waals surface area contributed by atoms with Crippen LogP contribution in [-0.4, -0.2) is 92.9 Å². The Balaban J connectivity index is 1.18. The molecule has 4 heterocycles. The van der Waals surface area contributed by atoms with Crippen molar-refractivity contribution in [3.8, 4) is 5.75 Å².